The first-order chi connectivity index (χ1) is 9.39. The Labute approximate surface area is 125 Å². The third-order valence-electron chi connectivity index (χ3n) is 3.50. The molecule has 20 heavy (non-hydrogen) atoms. The molecular formula is C13H19ClN2O3S. The second-order valence-electron chi connectivity index (χ2n) is 4.76. The number of hydrogen-bond donors (Lipinski definition) is 2. The maximum absolute atomic E-state index is 12.1. The van der Waals surface area contributed by atoms with Crippen LogP contribution in [0.4, 0.5) is 11.4 Å². The van der Waals surface area contributed by atoms with Crippen molar-refractivity contribution in [2.75, 3.05) is 28.6 Å². The number of hydrogen-bond acceptors (Lipinski definition) is 5. The molecule has 0 atom stereocenters. The maximum Gasteiger partial charge on any atom is 0.162 e. The van der Waals surface area contributed by atoms with Gasteiger partial charge in [-0.1, -0.05) is 0 Å². The highest BCUT2D eigenvalue weighted by Gasteiger charge is 2.36. The minimum Gasteiger partial charge on any atom is -0.294 e. The summed E-state index contributed by atoms with van der Waals surface area (Å²) in [4.78, 5) is 12.1. The van der Waals surface area contributed by atoms with Crippen LogP contribution in [0.5, 0.6) is 0 Å². The van der Waals surface area contributed by atoms with E-state index in [4.69, 9.17) is 11.6 Å². The van der Waals surface area contributed by atoms with E-state index in [1.807, 2.05) is 0 Å². The van der Waals surface area contributed by atoms with Crippen molar-refractivity contribution in [3.8, 4) is 0 Å². The Hall–Kier alpha value is -0.950. The average Bonchev–Trinajstić information content (AvgIpc) is 2.60. The second kappa shape index (κ2) is 5.81. The van der Waals surface area contributed by atoms with E-state index in [-0.39, 0.29) is 5.78 Å². The van der Waals surface area contributed by atoms with Gasteiger partial charge in [0.2, 0.25) is 0 Å². The van der Waals surface area contributed by atoms with E-state index in [1.54, 1.807) is 32.3 Å². The van der Waals surface area contributed by atoms with Gasteiger partial charge in [0.1, 0.15) is 0 Å². The molecule has 2 N–H and O–H groups in total. The minimum absolute atomic E-state index is 0.0531. The first-order valence-electron chi connectivity index (χ1n) is 6.38. The summed E-state index contributed by atoms with van der Waals surface area (Å²) in [6.07, 6.45) is 2.05. The monoisotopic (exact) mass is 318 g/mol. The normalized spacial score (nSPS) is 18.1. The number of rotatable bonds is 5. The van der Waals surface area contributed by atoms with Crippen LogP contribution in [0.15, 0.2) is 18.2 Å². The van der Waals surface area contributed by atoms with Crippen molar-refractivity contribution >= 4 is 39.7 Å². The lowest BCUT2D eigenvalue weighted by atomic mass is 10.0. The zero-order chi connectivity index (χ0) is 14.9. The van der Waals surface area contributed by atoms with Gasteiger partial charge in [-0.2, -0.15) is 0 Å². The molecule has 0 unspecified atom stereocenters. The molecule has 0 saturated heterocycles. The van der Waals surface area contributed by atoms with Gasteiger partial charge in [-0.15, -0.1) is 11.6 Å². The van der Waals surface area contributed by atoms with Crippen LogP contribution in [0, 0.1) is 0 Å². The molecule has 1 heterocycles. The summed E-state index contributed by atoms with van der Waals surface area (Å²) in [6.45, 7) is 0. The van der Waals surface area contributed by atoms with Crippen LogP contribution < -0.4 is 8.61 Å². The Bertz CT molecular complexity index is 524. The summed E-state index contributed by atoms with van der Waals surface area (Å²) >= 11 is 5.60. The standard InChI is InChI=1S/C13H19ClN2O3S/c1-15-11-7-6-10(13(17)5-3-4-8-14)9-12(11)16(2)20(15,18)19/h6-7,9,18-19H,3-5,8H2,1-2H3. The van der Waals surface area contributed by atoms with E-state index < -0.39 is 11.0 Å². The number of fused-ring (bicyclic) bond motifs is 1. The summed E-state index contributed by atoms with van der Waals surface area (Å²) in [7, 11) is 0.247. The zero-order valence-electron chi connectivity index (χ0n) is 11.5. The number of halogens is 1. The lowest BCUT2D eigenvalue weighted by Gasteiger charge is -2.40. The van der Waals surface area contributed by atoms with Crippen molar-refractivity contribution in [1.29, 1.82) is 0 Å². The van der Waals surface area contributed by atoms with Crippen molar-refractivity contribution in [1.82, 2.24) is 0 Å². The van der Waals surface area contributed by atoms with Crippen molar-refractivity contribution in [2.24, 2.45) is 0 Å². The van der Waals surface area contributed by atoms with Crippen LogP contribution in [-0.4, -0.2) is 34.9 Å². The Morgan fingerprint density at radius 2 is 1.85 bits per heavy atom. The fourth-order valence-corrected chi connectivity index (χ4v) is 3.57. The van der Waals surface area contributed by atoms with Crippen LogP contribution in [0.1, 0.15) is 29.6 Å². The van der Waals surface area contributed by atoms with Gasteiger partial charge in [-0.3, -0.25) is 22.5 Å². The van der Waals surface area contributed by atoms with E-state index in [0.29, 0.717) is 29.2 Å². The molecular weight excluding hydrogens is 300 g/mol. The van der Waals surface area contributed by atoms with Gasteiger partial charge >= 0.3 is 0 Å². The Balaban J connectivity index is 2.22. The summed E-state index contributed by atoms with van der Waals surface area (Å²) < 4.78 is 22.9. The molecule has 0 radical (unpaired) electrons. The predicted molar refractivity (Wildman–Crippen MR) is 85.0 cm³/mol. The fourth-order valence-electron chi connectivity index (χ4n) is 2.19. The van der Waals surface area contributed by atoms with Crippen LogP contribution in [-0.2, 0) is 0 Å². The first-order valence-corrected chi connectivity index (χ1v) is 8.38. The fraction of sp³-hybridized carbons (Fsp3) is 0.462. The van der Waals surface area contributed by atoms with Gasteiger partial charge in [0.05, 0.1) is 11.4 Å². The largest absolute Gasteiger partial charge is 0.294 e. The van der Waals surface area contributed by atoms with Gasteiger partial charge < -0.3 is 0 Å². The van der Waals surface area contributed by atoms with Gasteiger partial charge in [0.25, 0.3) is 0 Å². The molecule has 1 aromatic carbocycles. The Morgan fingerprint density at radius 3 is 2.50 bits per heavy atom. The van der Waals surface area contributed by atoms with E-state index in [2.05, 4.69) is 0 Å². The topological polar surface area (TPSA) is 64.0 Å². The van der Waals surface area contributed by atoms with Crippen LogP contribution in [0.2, 0.25) is 0 Å². The molecule has 1 aliphatic rings. The van der Waals surface area contributed by atoms with Gasteiger partial charge in [-0.25, -0.2) is 0 Å². The maximum atomic E-state index is 12.1. The number of anilines is 2. The van der Waals surface area contributed by atoms with E-state index >= 15 is 0 Å². The van der Waals surface area contributed by atoms with Crippen molar-refractivity contribution in [2.45, 2.75) is 19.3 Å². The van der Waals surface area contributed by atoms with Gasteiger partial charge in [0, 0.05) is 32.0 Å². The highest BCUT2D eigenvalue weighted by atomic mass is 35.5. The SMILES string of the molecule is CN1c2ccc(C(=O)CCCCCl)cc2N(C)S1(O)O. The molecule has 7 heteroatoms. The lowest BCUT2D eigenvalue weighted by molar-refractivity contribution is 0.0980. The molecule has 0 fully saturated rings. The van der Waals surface area contributed by atoms with Crippen molar-refractivity contribution < 1.29 is 13.9 Å². The number of ketones is 1. The minimum atomic E-state index is -2.99. The summed E-state index contributed by atoms with van der Waals surface area (Å²) in [6, 6.07) is 5.20. The highest BCUT2D eigenvalue weighted by Crippen LogP contribution is 2.59. The summed E-state index contributed by atoms with van der Waals surface area (Å²) in [5.41, 5.74) is 1.97. The number of carbonyl (C=O) groups is 1. The van der Waals surface area contributed by atoms with Gasteiger partial charge in [0.15, 0.2) is 5.78 Å². The zero-order valence-corrected chi connectivity index (χ0v) is 13.1. The third-order valence-corrected chi connectivity index (χ3v) is 5.63. The predicted octanol–water partition coefficient (Wildman–Crippen LogP) is 3.75. The third kappa shape index (κ3) is 2.61. The lowest BCUT2D eigenvalue weighted by Crippen LogP contribution is -2.28. The molecule has 0 saturated carbocycles. The number of unbranched alkanes of at least 4 members (excludes halogenated alkanes) is 1. The Kier molecular flexibility index (Phi) is 4.49. The van der Waals surface area contributed by atoms with Gasteiger partial charge in [-0.05, 0) is 42.0 Å². The van der Waals surface area contributed by atoms with E-state index in [1.165, 1.54) is 8.61 Å². The summed E-state index contributed by atoms with van der Waals surface area (Å²) in [5.74, 6) is 0.615. The van der Waals surface area contributed by atoms with Crippen LogP contribution >= 0.6 is 22.6 Å². The molecule has 0 amide bonds. The molecule has 0 aliphatic carbocycles. The highest BCUT2D eigenvalue weighted by molar-refractivity contribution is 8.26. The molecule has 0 aromatic heterocycles. The second-order valence-corrected chi connectivity index (χ2v) is 7.21. The van der Waals surface area contributed by atoms with E-state index in [0.717, 1.165) is 12.8 Å². The van der Waals surface area contributed by atoms with Crippen LogP contribution in [0.25, 0.3) is 0 Å². The first kappa shape index (κ1) is 15.4. The number of nitrogens with zero attached hydrogens (tertiary/aromatic N) is 2. The Morgan fingerprint density at radius 1 is 1.20 bits per heavy atom. The molecule has 0 spiro atoms. The smallest absolute Gasteiger partial charge is 0.162 e. The average molecular weight is 319 g/mol. The number of benzene rings is 1. The molecule has 2 rings (SSSR count). The quantitative estimate of drug-likeness (QED) is 0.492. The number of alkyl halides is 1. The molecule has 1 aromatic rings. The molecule has 0 bridgehead atoms. The summed E-state index contributed by atoms with van der Waals surface area (Å²) in [5, 5.41) is 0. The number of Topliss-reactive ketones (excluding diaryl/α,β-unsaturated/α-hetero) is 1. The van der Waals surface area contributed by atoms with Crippen molar-refractivity contribution in [3.05, 3.63) is 23.8 Å². The van der Waals surface area contributed by atoms with E-state index in [9.17, 15) is 13.9 Å². The molecule has 5 nitrogen and oxygen atoms in total. The number of carbonyl (C=O) groups excluding carboxylic acids is 1. The van der Waals surface area contributed by atoms with Crippen LogP contribution in [0.3, 0.4) is 0 Å². The van der Waals surface area contributed by atoms with Crippen molar-refractivity contribution in [3.63, 3.8) is 0 Å². The molecule has 112 valence electrons. The molecule has 1 aliphatic heterocycles.